The maximum absolute atomic E-state index is 10.9. The number of carbonyl (C=O) groups is 1. The number of benzene rings is 1. The molecule has 2 N–H and O–H groups in total. The first-order chi connectivity index (χ1) is 8.15. The van der Waals surface area contributed by atoms with Crippen molar-refractivity contribution < 1.29 is 9.90 Å². The van der Waals surface area contributed by atoms with E-state index < -0.39 is 0 Å². The van der Waals surface area contributed by atoms with Crippen molar-refractivity contribution in [3.63, 3.8) is 0 Å². The predicted molar refractivity (Wildman–Crippen MR) is 71.4 cm³/mol. The van der Waals surface area contributed by atoms with Gasteiger partial charge in [0.1, 0.15) is 5.75 Å². The van der Waals surface area contributed by atoms with Gasteiger partial charge in [0.05, 0.1) is 12.0 Å². The first kappa shape index (κ1) is 12.1. The second-order valence-corrected chi connectivity index (χ2v) is 5.01. The molecule has 5 nitrogen and oxygen atoms in total. The number of amidine groups is 1. The first-order valence-electron chi connectivity index (χ1n) is 4.67. The predicted octanol–water partition coefficient (Wildman–Crippen LogP) is 1.71. The van der Waals surface area contributed by atoms with E-state index in [2.05, 4.69) is 31.4 Å². The Morgan fingerprint density at radius 1 is 1.53 bits per heavy atom. The molecular formula is C10H8BrN3O2S. The average Bonchev–Trinajstić information content (AvgIpc) is 2.69. The van der Waals surface area contributed by atoms with Crippen LogP contribution in [-0.4, -0.2) is 28.1 Å². The number of halogens is 1. The van der Waals surface area contributed by atoms with Crippen molar-refractivity contribution >= 4 is 45.0 Å². The van der Waals surface area contributed by atoms with E-state index >= 15 is 0 Å². The van der Waals surface area contributed by atoms with Gasteiger partial charge in [-0.25, -0.2) is 0 Å². The van der Waals surface area contributed by atoms with Crippen LogP contribution in [0.5, 0.6) is 5.75 Å². The molecule has 0 aliphatic carbocycles. The zero-order valence-corrected chi connectivity index (χ0v) is 11.0. The van der Waals surface area contributed by atoms with Gasteiger partial charge in [0.15, 0.2) is 5.17 Å². The number of nitrogens with one attached hydrogen (secondary N) is 1. The summed E-state index contributed by atoms with van der Waals surface area (Å²) in [7, 11) is 0. The molecule has 7 heteroatoms. The molecule has 0 saturated carbocycles. The second kappa shape index (κ2) is 5.33. The Morgan fingerprint density at radius 3 is 3.06 bits per heavy atom. The molecule has 1 aliphatic rings. The minimum atomic E-state index is -0.0671. The highest BCUT2D eigenvalue weighted by Crippen LogP contribution is 2.20. The molecule has 2 rings (SSSR count). The summed E-state index contributed by atoms with van der Waals surface area (Å²) in [5.41, 5.74) is 0.712. The van der Waals surface area contributed by atoms with Gasteiger partial charge >= 0.3 is 0 Å². The highest BCUT2D eigenvalue weighted by molar-refractivity contribution is 9.10. The molecule has 0 aromatic heterocycles. The summed E-state index contributed by atoms with van der Waals surface area (Å²) in [5.74, 6) is 0.470. The third kappa shape index (κ3) is 3.31. The number of rotatable bonds is 2. The van der Waals surface area contributed by atoms with E-state index in [0.717, 1.165) is 4.47 Å². The summed E-state index contributed by atoms with van der Waals surface area (Å²) in [4.78, 5) is 10.9. The quantitative estimate of drug-likeness (QED) is 0.645. The summed E-state index contributed by atoms with van der Waals surface area (Å²) < 4.78 is 0.808. The van der Waals surface area contributed by atoms with E-state index in [1.807, 2.05) is 0 Å². The number of hydrogen-bond donors (Lipinski definition) is 2. The molecule has 1 amide bonds. The molecular weight excluding hydrogens is 306 g/mol. The molecule has 0 spiro atoms. The van der Waals surface area contributed by atoms with Crippen LogP contribution in [-0.2, 0) is 4.79 Å². The SMILES string of the molecule is O=C1CS/C(=N\N=C/c2cc(O)ccc2Br)N1. The number of phenols is 1. The monoisotopic (exact) mass is 313 g/mol. The smallest absolute Gasteiger partial charge is 0.236 e. The van der Waals surface area contributed by atoms with Crippen LogP contribution in [0.2, 0.25) is 0 Å². The van der Waals surface area contributed by atoms with Crippen LogP contribution in [0, 0.1) is 0 Å². The molecule has 0 unspecified atom stereocenters. The molecule has 0 atom stereocenters. The first-order valence-corrected chi connectivity index (χ1v) is 6.45. The summed E-state index contributed by atoms with van der Waals surface area (Å²) >= 11 is 4.64. The van der Waals surface area contributed by atoms with E-state index in [0.29, 0.717) is 16.5 Å². The van der Waals surface area contributed by atoms with Gasteiger partial charge in [-0.05, 0) is 18.2 Å². The minimum Gasteiger partial charge on any atom is -0.508 e. The number of amides is 1. The summed E-state index contributed by atoms with van der Waals surface area (Å²) in [6.45, 7) is 0. The third-order valence-electron chi connectivity index (χ3n) is 1.91. The Labute approximate surface area is 110 Å². The van der Waals surface area contributed by atoms with E-state index in [1.54, 1.807) is 18.2 Å². The van der Waals surface area contributed by atoms with Crippen LogP contribution in [0.4, 0.5) is 0 Å². The van der Waals surface area contributed by atoms with Gasteiger partial charge < -0.3 is 10.4 Å². The summed E-state index contributed by atoms with van der Waals surface area (Å²) in [6.07, 6.45) is 1.50. The van der Waals surface area contributed by atoms with Gasteiger partial charge in [0, 0.05) is 10.0 Å². The summed E-state index contributed by atoms with van der Waals surface area (Å²) in [6, 6.07) is 4.85. The molecule has 0 bridgehead atoms. The number of carbonyl (C=O) groups excluding carboxylic acids is 1. The third-order valence-corrected chi connectivity index (χ3v) is 3.50. The zero-order chi connectivity index (χ0) is 12.3. The topological polar surface area (TPSA) is 74.0 Å². The van der Waals surface area contributed by atoms with Crippen molar-refractivity contribution in [2.24, 2.45) is 10.2 Å². The molecule has 0 radical (unpaired) electrons. The molecule has 1 fully saturated rings. The molecule has 1 aromatic carbocycles. The molecule has 1 aliphatic heterocycles. The lowest BCUT2D eigenvalue weighted by Crippen LogP contribution is -2.19. The lowest BCUT2D eigenvalue weighted by atomic mass is 10.2. The fourth-order valence-electron chi connectivity index (χ4n) is 1.15. The second-order valence-electron chi connectivity index (χ2n) is 3.19. The normalized spacial score (nSPS) is 17.9. The fourth-order valence-corrected chi connectivity index (χ4v) is 2.13. The summed E-state index contributed by atoms with van der Waals surface area (Å²) in [5, 5.41) is 20.1. The van der Waals surface area contributed by atoms with E-state index in [-0.39, 0.29) is 11.7 Å². The van der Waals surface area contributed by atoms with Crippen molar-refractivity contribution in [1.29, 1.82) is 0 Å². The van der Waals surface area contributed by atoms with Crippen LogP contribution in [0.25, 0.3) is 0 Å². The molecule has 88 valence electrons. The fraction of sp³-hybridized carbons (Fsp3) is 0.100. The Balaban J connectivity index is 2.10. The Kier molecular flexibility index (Phi) is 3.80. The van der Waals surface area contributed by atoms with Gasteiger partial charge in [-0.2, -0.15) is 5.10 Å². The average molecular weight is 314 g/mol. The number of aromatic hydroxyl groups is 1. The molecule has 1 saturated heterocycles. The standard InChI is InChI=1S/C10H8BrN3O2S/c11-8-2-1-7(15)3-6(8)4-12-14-10-13-9(16)5-17-10/h1-4,15H,5H2,(H,13,14,16)/b12-4-. The molecule has 1 heterocycles. The lowest BCUT2D eigenvalue weighted by Gasteiger charge is -1.97. The van der Waals surface area contributed by atoms with Crippen molar-refractivity contribution in [2.75, 3.05) is 5.75 Å². The number of thioether (sulfide) groups is 1. The highest BCUT2D eigenvalue weighted by Gasteiger charge is 2.15. The van der Waals surface area contributed by atoms with E-state index in [9.17, 15) is 9.90 Å². The van der Waals surface area contributed by atoms with Crippen LogP contribution in [0.15, 0.2) is 32.9 Å². The van der Waals surface area contributed by atoms with Gasteiger partial charge in [-0.1, -0.05) is 27.7 Å². The highest BCUT2D eigenvalue weighted by atomic mass is 79.9. The van der Waals surface area contributed by atoms with Crippen molar-refractivity contribution in [3.8, 4) is 5.75 Å². The number of hydrogen-bond acceptors (Lipinski definition) is 5. The van der Waals surface area contributed by atoms with Gasteiger partial charge in [0.25, 0.3) is 0 Å². The Bertz CT molecular complexity index is 516. The van der Waals surface area contributed by atoms with Crippen molar-refractivity contribution in [3.05, 3.63) is 28.2 Å². The van der Waals surface area contributed by atoms with Crippen molar-refractivity contribution in [2.45, 2.75) is 0 Å². The minimum absolute atomic E-state index is 0.0671. The Morgan fingerprint density at radius 2 is 2.35 bits per heavy atom. The van der Waals surface area contributed by atoms with Gasteiger partial charge in [-0.3, -0.25) is 4.79 Å². The van der Waals surface area contributed by atoms with Crippen LogP contribution >= 0.6 is 27.7 Å². The van der Waals surface area contributed by atoms with Crippen LogP contribution in [0.3, 0.4) is 0 Å². The van der Waals surface area contributed by atoms with Gasteiger partial charge in [0.2, 0.25) is 5.91 Å². The zero-order valence-electron chi connectivity index (χ0n) is 8.55. The van der Waals surface area contributed by atoms with Crippen molar-refractivity contribution in [1.82, 2.24) is 5.32 Å². The largest absolute Gasteiger partial charge is 0.508 e. The lowest BCUT2D eigenvalue weighted by molar-refractivity contribution is -0.116. The number of nitrogens with zero attached hydrogens (tertiary/aromatic N) is 2. The van der Waals surface area contributed by atoms with E-state index in [1.165, 1.54) is 18.0 Å². The van der Waals surface area contributed by atoms with Crippen LogP contribution in [0.1, 0.15) is 5.56 Å². The molecule has 17 heavy (non-hydrogen) atoms. The maximum Gasteiger partial charge on any atom is 0.236 e. The van der Waals surface area contributed by atoms with Crippen LogP contribution < -0.4 is 5.32 Å². The van der Waals surface area contributed by atoms with E-state index in [4.69, 9.17) is 0 Å². The Hall–Kier alpha value is -1.34. The molecule has 1 aromatic rings. The maximum atomic E-state index is 10.9. The number of phenolic OH excluding ortho intramolecular Hbond substituents is 1. The van der Waals surface area contributed by atoms with Gasteiger partial charge in [-0.15, -0.1) is 5.10 Å².